The summed E-state index contributed by atoms with van der Waals surface area (Å²) in [5, 5.41) is 12.2. The van der Waals surface area contributed by atoms with Crippen LogP contribution in [0.5, 0.6) is 0 Å². The summed E-state index contributed by atoms with van der Waals surface area (Å²) in [4.78, 5) is 39.5. The third kappa shape index (κ3) is 4.68. The molecule has 0 aromatic heterocycles. The van der Waals surface area contributed by atoms with E-state index < -0.39 is 17.7 Å². The topological polar surface area (TPSA) is 113 Å². The molecule has 5 rings (SSSR count). The highest BCUT2D eigenvalue weighted by Gasteiger charge is 2.37. The van der Waals surface area contributed by atoms with Crippen LogP contribution in [-0.2, 0) is 4.79 Å². The van der Waals surface area contributed by atoms with E-state index in [4.69, 9.17) is 17.3 Å². The summed E-state index contributed by atoms with van der Waals surface area (Å²) in [7, 11) is 0. The van der Waals surface area contributed by atoms with Crippen LogP contribution in [0.15, 0.2) is 72.3 Å². The Labute approximate surface area is 217 Å². The van der Waals surface area contributed by atoms with Crippen LogP contribution < -0.4 is 16.0 Å². The molecule has 0 spiro atoms. The lowest BCUT2D eigenvalue weighted by Crippen LogP contribution is -2.32. The van der Waals surface area contributed by atoms with Gasteiger partial charge in [-0.1, -0.05) is 35.9 Å². The molecule has 1 aliphatic carbocycles. The first-order valence-corrected chi connectivity index (χ1v) is 12.1. The number of rotatable bonds is 4. The maximum absolute atomic E-state index is 13.6. The maximum Gasteiger partial charge on any atom is 0.331 e. The Hall–Kier alpha value is -4.17. The summed E-state index contributed by atoms with van der Waals surface area (Å²) >= 11 is 6.02. The number of para-hydroxylation sites is 1. The number of nitrogens with two attached hydrogens (primary N) is 1. The summed E-state index contributed by atoms with van der Waals surface area (Å²) in [6.45, 7) is 0.425. The van der Waals surface area contributed by atoms with E-state index >= 15 is 0 Å². The molecular formula is C28H23ClFN3O4. The van der Waals surface area contributed by atoms with Gasteiger partial charge in [0.15, 0.2) is 0 Å². The van der Waals surface area contributed by atoms with Gasteiger partial charge in [0.25, 0.3) is 11.8 Å². The van der Waals surface area contributed by atoms with Gasteiger partial charge in [0.05, 0.1) is 22.0 Å². The Balaban J connectivity index is 1.40. The van der Waals surface area contributed by atoms with Crippen LogP contribution in [0, 0.1) is 11.7 Å². The number of carboxylic acid groups (broad SMARTS) is 1. The molecule has 0 fully saturated rings. The molecule has 9 heteroatoms. The highest BCUT2D eigenvalue weighted by Crippen LogP contribution is 2.46. The fourth-order valence-electron chi connectivity index (χ4n) is 5.08. The number of hydrogen-bond acceptors (Lipinski definition) is 4. The van der Waals surface area contributed by atoms with Crippen LogP contribution in [0.1, 0.15) is 45.0 Å². The van der Waals surface area contributed by atoms with Crippen molar-refractivity contribution in [2.24, 2.45) is 5.92 Å². The minimum Gasteiger partial charge on any atom is -0.478 e. The van der Waals surface area contributed by atoms with Crippen LogP contribution >= 0.6 is 11.6 Å². The Bertz CT molecular complexity index is 1470. The van der Waals surface area contributed by atoms with Gasteiger partial charge in [0.1, 0.15) is 5.82 Å². The lowest BCUT2D eigenvalue weighted by molar-refractivity contribution is -0.132. The number of nitrogens with zero attached hydrogens (tertiary/aromatic N) is 1. The molecule has 1 heterocycles. The smallest absolute Gasteiger partial charge is 0.331 e. The third-order valence-corrected chi connectivity index (χ3v) is 7.25. The molecule has 1 aliphatic heterocycles. The zero-order chi connectivity index (χ0) is 26.3. The molecule has 1 unspecified atom stereocenters. The zero-order valence-electron chi connectivity index (χ0n) is 19.6. The molecule has 7 nitrogen and oxygen atoms in total. The second-order valence-electron chi connectivity index (χ2n) is 9.17. The molecule has 188 valence electrons. The van der Waals surface area contributed by atoms with E-state index in [1.165, 1.54) is 18.2 Å². The van der Waals surface area contributed by atoms with Crippen molar-refractivity contribution in [3.8, 4) is 0 Å². The molecule has 0 saturated carbocycles. The van der Waals surface area contributed by atoms with E-state index in [1.54, 1.807) is 17.0 Å². The summed E-state index contributed by atoms with van der Waals surface area (Å²) < 4.78 is 13.6. The van der Waals surface area contributed by atoms with Crippen LogP contribution in [0.4, 0.5) is 21.5 Å². The van der Waals surface area contributed by atoms with Crippen molar-refractivity contribution in [2.45, 2.75) is 18.8 Å². The second-order valence-corrected chi connectivity index (χ2v) is 9.58. The number of halogens is 2. The third-order valence-electron chi connectivity index (χ3n) is 6.92. The number of nitrogens with one attached hydrogen (secondary N) is 1. The lowest BCUT2D eigenvalue weighted by Gasteiger charge is -2.24. The maximum atomic E-state index is 13.6. The number of allylic oxidation sites excluding steroid dienone is 1. The molecule has 0 bridgehead atoms. The van der Waals surface area contributed by atoms with E-state index in [0.29, 0.717) is 30.5 Å². The van der Waals surface area contributed by atoms with Gasteiger partial charge < -0.3 is 21.1 Å². The van der Waals surface area contributed by atoms with Crippen LogP contribution in [0.3, 0.4) is 0 Å². The van der Waals surface area contributed by atoms with Gasteiger partial charge in [0.2, 0.25) is 0 Å². The Kier molecular flexibility index (Phi) is 6.43. The van der Waals surface area contributed by atoms with Crippen molar-refractivity contribution in [3.63, 3.8) is 0 Å². The van der Waals surface area contributed by atoms with Gasteiger partial charge in [-0.05, 0) is 66.8 Å². The number of carboxylic acids is 1. The molecule has 2 amide bonds. The standard InChI is InChI=1S/C28H23ClFN3O4/c29-22-7-6-18(30)14-21(22)26(34)32-24-8-5-16(13-23(24)31)27(35)33-10-9-15-11-17(28(36)37)12-20(15)19-3-1-2-4-25(19)33/h1-8,12-15,20H,9-11,31H2,(H,32,34)(H,36,37)/t15?,20-/m0/s1. The van der Waals surface area contributed by atoms with Gasteiger partial charge >= 0.3 is 5.97 Å². The number of aliphatic carboxylic acids is 1. The summed E-state index contributed by atoms with van der Waals surface area (Å²) in [5.41, 5.74) is 8.97. The fourth-order valence-corrected chi connectivity index (χ4v) is 5.29. The quantitative estimate of drug-likeness (QED) is 0.395. The highest BCUT2D eigenvalue weighted by molar-refractivity contribution is 6.34. The highest BCUT2D eigenvalue weighted by atomic mass is 35.5. The van der Waals surface area contributed by atoms with E-state index in [2.05, 4.69) is 5.32 Å². The van der Waals surface area contributed by atoms with E-state index in [0.717, 1.165) is 23.4 Å². The molecule has 2 atom stereocenters. The van der Waals surface area contributed by atoms with Crippen LogP contribution in [0.2, 0.25) is 5.02 Å². The number of nitrogen functional groups attached to an aromatic ring is 1. The first kappa shape index (κ1) is 24.5. The van der Waals surface area contributed by atoms with Crippen molar-refractivity contribution >= 4 is 46.4 Å². The predicted octanol–water partition coefficient (Wildman–Crippen LogP) is 5.48. The van der Waals surface area contributed by atoms with Crippen LogP contribution in [-0.4, -0.2) is 29.4 Å². The van der Waals surface area contributed by atoms with Crippen molar-refractivity contribution in [1.29, 1.82) is 0 Å². The number of benzene rings is 3. The number of amides is 2. The number of carbonyl (C=O) groups excluding carboxylic acids is 2. The normalized spacial score (nSPS) is 18.3. The number of carbonyl (C=O) groups is 3. The van der Waals surface area contributed by atoms with Gasteiger partial charge in [-0.25, -0.2) is 9.18 Å². The first-order valence-electron chi connectivity index (χ1n) is 11.7. The average Bonchev–Trinajstić information content (AvgIpc) is 3.25. The first-order chi connectivity index (χ1) is 17.7. The second kappa shape index (κ2) is 9.71. The fraction of sp³-hybridized carbons (Fsp3) is 0.179. The predicted molar refractivity (Wildman–Crippen MR) is 140 cm³/mol. The molecule has 37 heavy (non-hydrogen) atoms. The zero-order valence-corrected chi connectivity index (χ0v) is 20.3. The van der Waals surface area contributed by atoms with Gasteiger partial charge in [-0.15, -0.1) is 0 Å². The summed E-state index contributed by atoms with van der Waals surface area (Å²) in [6, 6.07) is 15.6. The molecule has 2 aliphatic rings. The summed E-state index contributed by atoms with van der Waals surface area (Å²) in [6.07, 6.45) is 2.92. The number of hydrogen-bond donors (Lipinski definition) is 3. The summed E-state index contributed by atoms with van der Waals surface area (Å²) in [5.74, 6) is -2.36. The average molecular weight is 520 g/mol. The SMILES string of the molecule is Nc1cc(C(=O)N2CCC3CC(C(=O)O)=C[C@@H]3c3ccccc32)ccc1NC(=O)c1cc(F)ccc1Cl. The molecule has 0 saturated heterocycles. The molecule has 3 aromatic rings. The monoisotopic (exact) mass is 519 g/mol. The van der Waals surface area contributed by atoms with Crippen molar-refractivity contribution in [1.82, 2.24) is 0 Å². The van der Waals surface area contributed by atoms with Crippen molar-refractivity contribution in [2.75, 3.05) is 22.5 Å². The van der Waals surface area contributed by atoms with Crippen molar-refractivity contribution in [3.05, 3.63) is 99.8 Å². The minimum absolute atomic E-state index is 0.0342. The molecule has 0 radical (unpaired) electrons. The van der Waals surface area contributed by atoms with Gasteiger partial charge in [-0.3, -0.25) is 9.59 Å². The molecule has 4 N–H and O–H groups in total. The van der Waals surface area contributed by atoms with E-state index in [-0.39, 0.29) is 39.7 Å². The Morgan fingerprint density at radius 2 is 1.86 bits per heavy atom. The van der Waals surface area contributed by atoms with Gasteiger partial charge in [-0.2, -0.15) is 0 Å². The lowest BCUT2D eigenvalue weighted by atomic mass is 9.87. The van der Waals surface area contributed by atoms with Crippen molar-refractivity contribution < 1.29 is 23.9 Å². The van der Waals surface area contributed by atoms with Crippen LogP contribution in [0.25, 0.3) is 0 Å². The van der Waals surface area contributed by atoms with E-state index in [1.807, 2.05) is 24.3 Å². The molecular weight excluding hydrogens is 497 g/mol. The van der Waals surface area contributed by atoms with E-state index in [9.17, 15) is 23.9 Å². The Morgan fingerprint density at radius 3 is 2.62 bits per heavy atom. The molecule has 3 aromatic carbocycles. The number of anilines is 3. The van der Waals surface area contributed by atoms with Gasteiger partial charge in [0, 0.05) is 29.3 Å². The minimum atomic E-state index is -0.902. The largest absolute Gasteiger partial charge is 0.478 e. The Morgan fingerprint density at radius 1 is 1.08 bits per heavy atom. The number of fused-ring (bicyclic) bond motifs is 3.